The van der Waals surface area contributed by atoms with Crippen molar-refractivity contribution in [2.75, 3.05) is 31.8 Å². The average Bonchev–Trinajstić information content (AvgIpc) is 3.22. The lowest BCUT2D eigenvalue weighted by Crippen LogP contribution is -2.42. The highest BCUT2D eigenvalue weighted by molar-refractivity contribution is 7.91. The first-order chi connectivity index (χ1) is 11.4. The molecule has 3 rings (SSSR count). The second-order valence-corrected chi connectivity index (χ2v) is 9.01. The Morgan fingerprint density at radius 2 is 2.17 bits per heavy atom. The highest BCUT2D eigenvalue weighted by Crippen LogP contribution is 2.34. The summed E-state index contributed by atoms with van der Waals surface area (Å²) in [7, 11) is -3.33. The van der Waals surface area contributed by atoms with Crippen LogP contribution in [-0.2, 0) is 32.5 Å². The van der Waals surface area contributed by atoms with E-state index in [1.54, 1.807) is 4.90 Å². The van der Waals surface area contributed by atoms with Crippen LogP contribution in [-0.4, -0.2) is 60.5 Å². The van der Waals surface area contributed by atoms with E-state index in [1.807, 2.05) is 13.3 Å². The van der Waals surface area contributed by atoms with Gasteiger partial charge in [0.2, 0.25) is 5.91 Å². The number of ether oxygens (including phenoxy) is 1. The summed E-state index contributed by atoms with van der Waals surface area (Å²) in [5, 5.41) is 0. The first-order valence-electron chi connectivity index (χ1n) is 8.44. The van der Waals surface area contributed by atoms with Crippen LogP contribution in [0.25, 0.3) is 0 Å². The number of rotatable bonds is 7. The van der Waals surface area contributed by atoms with Gasteiger partial charge in [0.25, 0.3) is 0 Å². The van der Waals surface area contributed by atoms with E-state index in [9.17, 15) is 13.2 Å². The quantitative estimate of drug-likeness (QED) is 0.723. The van der Waals surface area contributed by atoms with Crippen LogP contribution in [0.15, 0.2) is 6.33 Å². The number of hydrogen-bond acceptors (Lipinski definition) is 5. The van der Waals surface area contributed by atoms with Gasteiger partial charge in [-0.2, -0.15) is 0 Å². The smallest absolute Gasteiger partial charge is 0.238 e. The topological polar surface area (TPSA) is 81.5 Å². The van der Waals surface area contributed by atoms with Crippen LogP contribution in [0.5, 0.6) is 0 Å². The molecule has 1 atom stereocenters. The van der Waals surface area contributed by atoms with E-state index < -0.39 is 15.6 Å². The predicted octanol–water partition coefficient (Wildman–Crippen LogP) is 0.800. The summed E-state index contributed by atoms with van der Waals surface area (Å²) in [6.07, 6.45) is 5.47. The lowest BCUT2D eigenvalue weighted by atomic mass is 9.98. The van der Waals surface area contributed by atoms with Crippen molar-refractivity contribution in [3.8, 4) is 0 Å². The summed E-state index contributed by atoms with van der Waals surface area (Å²) in [5.41, 5.74) is 2.02. The molecule has 0 saturated heterocycles. The minimum absolute atomic E-state index is 0.0402. The van der Waals surface area contributed by atoms with E-state index in [2.05, 4.69) is 9.55 Å². The molecule has 0 N–H and O–H groups in total. The Bertz CT molecular complexity index is 709. The maximum absolute atomic E-state index is 12.3. The zero-order valence-corrected chi connectivity index (χ0v) is 15.1. The number of imidazole rings is 1. The molecule has 2 aliphatic rings. The summed E-state index contributed by atoms with van der Waals surface area (Å²) >= 11 is 0. The normalized spacial score (nSPS) is 20.9. The van der Waals surface area contributed by atoms with Gasteiger partial charge in [-0.25, -0.2) is 13.4 Å². The second-order valence-electron chi connectivity index (χ2n) is 6.87. The second kappa shape index (κ2) is 6.84. The average molecular weight is 355 g/mol. The van der Waals surface area contributed by atoms with Crippen molar-refractivity contribution in [1.29, 1.82) is 0 Å². The van der Waals surface area contributed by atoms with Crippen molar-refractivity contribution >= 4 is 15.7 Å². The molecular weight excluding hydrogens is 330 g/mol. The van der Waals surface area contributed by atoms with Crippen molar-refractivity contribution in [2.24, 2.45) is 5.92 Å². The molecule has 0 spiro atoms. The van der Waals surface area contributed by atoms with Crippen molar-refractivity contribution in [3.63, 3.8) is 0 Å². The largest absolute Gasteiger partial charge is 0.381 e. The summed E-state index contributed by atoms with van der Waals surface area (Å²) in [6.45, 7) is 4.91. The predicted molar refractivity (Wildman–Crippen MR) is 89.3 cm³/mol. The highest BCUT2D eigenvalue weighted by atomic mass is 32.2. The fourth-order valence-corrected chi connectivity index (χ4v) is 3.88. The van der Waals surface area contributed by atoms with Gasteiger partial charge in [0.1, 0.15) is 5.75 Å². The molecule has 1 aromatic heterocycles. The first kappa shape index (κ1) is 17.4. The zero-order chi connectivity index (χ0) is 17.3. The van der Waals surface area contributed by atoms with Crippen molar-refractivity contribution < 1.29 is 17.9 Å². The molecule has 134 valence electrons. The summed E-state index contributed by atoms with van der Waals surface area (Å²) in [4.78, 5) is 18.4. The fraction of sp³-hybridized carbons (Fsp3) is 0.750. The third kappa shape index (κ3) is 4.16. The number of carbonyl (C=O) groups is 1. The third-order valence-electron chi connectivity index (χ3n) is 4.54. The van der Waals surface area contributed by atoms with Crippen molar-refractivity contribution in [2.45, 2.75) is 38.8 Å². The number of hydrogen-bond donors (Lipinski definition) is 0. The molecule has 1 aromatic rings. The van der Waals surface area contributed by atoms with Crippen LogP contribution in [0.3, 0.4) is 0 Å². The number of carbonyl (C=O) groups excluding carboxylic acids is 1. The maximum Gasteiger partial charge on any atom is 0.238 e. The molecule has 0 unspecified atom stereocenters. The zero-order valence-electron chi connectivity index (χ0n) is 14.3. The van der Waals surface area contributed by atoms with Gasteiger partial charge in [-0.3, -0.25) is 4.79 Å². The van der Waals surface area contributed by atoms with Crippen LogP contribution < -0.4 is 0 Å². The first-order valence-corrected chi connectivity index (χ1v) is 10.5. The van der Waals surface area contributed by atoms with E-state index in [-0.39, 0.29) is 11.8 Å². The van der Waals surface area contributed by atoms with Crippen molar-refractivity contribution in [1.82, 2.24) is 14.5 Å². The molecule has 1 aliphatic heterocycles. The van der Waals surface area contributed by atoms with Gasteiger partial charge < -0.3 is 14.2 Å². The minimum Gasteiger partial charge on any atom is -0.381 e. The number of nitrogens with zero attached hydrogens (tertiary/aromatic N) is 3. The third-order valence-corrected chi connectivity index (χ3v) is 5.31. The van der Waals surface area contributed by atoms with Gasteiger partial charge in [0.05, 0.1) is 25.2 Å². The van der Waals surface area contributed by atoms with Crippen LogP contribution in [0.4, 0.5) is 0 Å². The van der Waals surface area contributed by atoms with Crippen LogP contribution in [0.1, 0.15) is 37.1 Å². The number of aromatic nitrogens is 2. The lowest BCUT2D eigenvalue weighted by molar-refractivity contribution is -0.130. The lowest BCUT2D eigenvalue weighted by Gasteiger charge is -2.33. The van der Waals surface area contributed by atoms with Gasteiger partial charge in [-0.15, -0.1) is 0 Å². The van der Waals surface area contributed by atoms with E-state index in [0.29, 0.717) is 26.3 Å². The molecule has 0 aromatic carbocycles. The fourth-order valence-electron chi connectivity index (χ4n) is 3.24. The minimum atomic E-state index is -3.33. The van der Waals surface area contributed by atoms with Gasteiger partial charge >= 0.3 is 0 Å². The van der Waals surface area contributed by atoms with E-state index in [4.69, 9.17) is 4.74 Å². The van der Waals surface area contributed by atoms with Crippen LogP contribution in [0, 0.1) is 5.92 Å². The Kier molecular flexibility index (Phi) is 4.96. The van der Waals surface area contributed by atoms with Gasteiger partial charge in [-0.05, 0) is 25.7 Å². The van der Waals surface area contributed by atoms with Gasteiger partial charge in [0.15, 0.2) is 9.84 Å². The molecule has 7 nitrogen and oxygen atoms in total. The SMILES string of the molecule is CCOC[C@@H]1CN(C(=O)CS(C)(=O)=O)Cc2ncn(CC3CC3)c21. The Morgan fingerprint density at radius 1 is 1.42 bits per heavy atom. The van der Waals surface area contributed by atoms with Crippen molar-refractivity contribution in [3.05, 3.63) is 17.7 Å². The molecule has 8 heteroatoms. The molecule has 0 radical (unpaired) electrons. The Balaban J connectivity index is 1.80. The summed E-state index contributed by atoms with van der Waals surface area (Å²) < 4.78 is 30.7. The van der Waals surface area contributed by atoms with Crippen LogP contribution >= 0.6 is 0 Å². The van der Waals surface area contributed by atoms with E-state index in [1.165, 1.54) is 12.8 Å². The summed E-state index contributed by atoms with van der Waals surface area (Å²) in [6, 6.07) is 0. The molecule has 1 fully saturated rings. The Morgan fingerprint density at radius 3 is 2.79 bits per heavy atom. The molecule has 1 saturated carbocycles. The Hall–Kier alpha value is -1.41. The molecular formula is C16H25N3O4S. The van der Waals surface area contributed by atoms with Gasteiger partial charge in [0, 0.05) is 37.6 Å². The number of sulfone groups is 1. The van der Waals surface area contributed by atoms with E-state index in [0.717, 1.165) is 30.1 Å². The number of fused-ring (bicyclic) bond motifs is 1. The maximum atomic E-state index is 12.3. The standard InChI is InChI=1S/C16H25N3O4S/c1-3-23-9-13-7-18(15(20)10-24(2,21)22)8-14-16(13)19(11-17-14)6-12-4-5-12/h11-13H,3-10H2,1-2H3/t13-/m0/s1. The number of amides is 1. The molecule has 1 aliphatic carbocycles. The molecule has 2 heterocycles. The van der Waals surface area contributed by atoms with Gasteiger partial charge in [-0.1, -0.05) is 0 Å². The van der Waals surface area contributed by atoms with Crippen LogP contribution in [0.2, 0.25) is 0 Å². The highest BCUT2D eigenvalue weighted by Gasteiger charge is 2.34. The Labute approximate surface area is 142 Å². The molecule has 0 bridgehead atoms. The summed E-state index contributed by atoms with van der Waals surface area (Å²) in [5.74, 6) is -0.0345. The van der Waals surface area contributed by atoms with E-state index >= 15 is 0 Å². The molecule has 1 amide bonds. The monoisotopic (exact) mass is 355 g/mol. The molecule has 24 heavy (non-hydrogen) atoms.